The molecule has 2 heterocycles. The van der Waals surface area contributed by atoms with E-state index in [1.807, 2.05) is 34.0 Å². The Labute approximate surface area is 185 Å². The molecule has 0 unspecified atom stereocenters. The van der Waals surface area contributed by atoms with Crippen molar-refractivity contribution in [3.8, 4) is 0 Å². The summed E-state index contributed by atoms with van der Waals surface area (Å²) in [4.78, 5) is 12.0. The standard InChI is InChI=1S/C12H22N2O.C11H19NO.2CH4/c1-11(2,3)9-8-14(12(4,5)6)10(15)13(9)7;1-10(2,3)8-7-9(13-12-8)11(4,5)6;;/h8H,1-7H3;7H,1-6H3;2*1H4. The van der Waals surface area contributed by atoms with Gasteiger partial charge in [-0.3, -0.25) is 9.13 Å². The van der Waals surface area contributed by atoms with Gasteiger partial charge in [-0.25, -0.2) is 4.79 Å². The summed E-state index contributed by atoms with van der Waals surface area (Å²) in [5.74, 6) is 0.956. The molecule has 0 bridgehead atoms. The Morgan fingerprint density at radius 2 is 1.27 bits per heavy atom. The summed E-state index contributed by atoms with van der Waals surface area (Å²) in [5.41, 5.74) is 2.14. The molecule has 0 fully saturated rings. The Balaban J connectivity index is 0. The van der Waals surface area contributed by atoms with E-state index in [2.05, 4.69) is 73.5 Å². The molecule has 0 N–H and O–H groups in total. The number of imidazole rings is 1. The lowest BCUT2D eigenvalue weighted by atomic mass is 9.88. The number of rotatable bonds is 0. The predicted molar refractivity (Wildman–Crippen MR) is 131 cm³/mol. The van der Waals surface area contributed by atoms with E-state index < -0.39 is 0 Å². The van der Waals surface area contributed by atoms with Crippen molar-refractivity contribution in [2.45, 2.75) is 120 Å². The molecule has 5 heteroatoms. The zero-order valence-corrected chi connectivity index (χ0v) is 20.3. The summed E-state index contributed by atoms with van der Waals surface area (Å²) in [7, 11) is 1.84. The van der Waals surface area contributed by atoms with Crippen LogP contribution >= 0.6 is 0 Å². The molecule has 0 aliphatic heterocycles. The van der Waals surface area contributed by atoms with Crippen molar-refractivity contribution >= 4 is 0 Å². The normalized spacial score (nSPS) is 12.4. The second-order valence-electron chi connectivity index (χ2n) is 11.7. The fourth-order valence-electron chi connectivity index (χ4n) is 2.69. The monoisotopic (exact) mass is 423 g/mol. The van der Waals surface area contributed by atoms with Crippen LogP contribution in [0.25, 0.3) is 0 Å². The molecular weight excluding hydrogens is 374 g/mol. The van der Waals surface area contributed by atoms with Gasteiger partial charge in [0.05, 0.1) is 5.69 Å². The Kier molecular flexibility index (Phi) is 9.70. The van der Waals surface area contributed by atoms with Crippen molar-refractivity contribution < 1.29 is 4.52 Å². The van der Waals surface area contributed by atoms with Gasteiger partial charge in [0.2, 0.25) is 0 Å². The average Bonchev–Trinajstić information content (AvgIpc) is 3.03. The molecule has 0 saturated heterocycles. The predicted octanol–water partition coefficient (Wildman–Crippen LogP) is 6.78. The van der Waals surface area contributed by atoms with Crippen molar-refractivity contribution in [2.75, 3.05) is 0 Å². The van der Waals surface area contributed by atoms with Crippen LogP contribution in [-0.2, 0) is 28.8 Å². The van der Waals surface area contributed by atoms with Gasteiger partial charge < -0.3 is 4.52 Å². The van der Waals surface area contributed by atoms with E-state index in [1.165, 1.54) is 0 Å². The van der Waals surface area contributed by atoms with E-state index in [9.17, 15) is 4.79 Å². The highest BCUT2D eigenvalue weighted by molar-refractivity contribution is 5.18. The Bertz CT molecular complexity index is 811. The van der Waals surface area contributed by atoms with Gasteiger partial charge >= 0.3 is 5.69 Å². The maximum atomic E-state index is 12.0. The van der Waals surface area contributed by atoms with E-state index in [0.717, 1.165) is 17.1 Å². The first-order valence-corrected chi connectivity index (χ1v) is 10.0. The first-order chi connectivity index (χ1) is 12.3. The third-order valence-corrected chi connectivity index (χ3v) is 4.61. The highest BCUT2D eigenvalue weighted by Crippen LogP contribution is 2.28. The lowest BCUT2D eigenvalue weighted by Crippen LogP contribution is -2.34. The molecule has 0 aromatic carbocycles. The molecule has 30 heavy (non-hydrogen) atoms. The number of nitrogens with zero attached hydrogens (tertiary/aromatic N) is 3. The van der Waals surface area contributed by atoms with Crippen LogP contribution in [0.4, 0.5) is 0 Å². The van der Waals surface area contributed by atoms with Gasteiger partial charge in [0.1, 0.15) is 5.76 Å². The maximum absolute atomic E-state index is 12.0. The van der Waals surface area contributed by atoms with Gasteiger partial charge in [-0.15, -0.1) is 0 Å². The summed E-state index contributed by atoms with van der Waals surface area (Å²) in [6.45, 7) is 25.3. The van der Waals surface area contributed by atoms with Crippen LogP contribution < -0.4 is 5.69 Å². The number of hydrogen-bond acceptors (Lipinski definition) is 3. The van der Waals surface area contributed by atoms with Crippen LogP contribution in [0.2, 0.25) is 0 Å². The van der Waals surface area contributed by atoms with Crippen molar-refractivity contribution in [3.05, 3.63) is 39.9 Å². The lowest BCUT2D eigenvalue weighted by Gasteiger charge is -2.20. The Morgan fingerprint density at radius 1 is 0.800 bits per heavy atom. The third-order valence-electron chi connectivity index (χ3n) is 4.61. The first kappa shape index (κ1) is 30.4. The maximum Gasteiger partial charge on any atom is 0.328 e. The van der Waals surface area contributed by atoms with Gasteiger partial charge in [-0.05, 0) is 20.8 Å². The minimum Gasteiger partial charge on any atom is -0.361 e. The minimum atomic E-state index is -0.154. The molecule has 0 saturated carbocycles. The Morgan fingerprint density at radius 3 is 1.47 bits per heavy atom. The largest absolute Gasteiger partial charge is 0.361 e. The topological polar surface area (TPSA) is 53.0 Å². The van der Waals surface area contributed by atoms with E-state index in [4.69, 9.17) is 4.52 Å². The SMILES string of the molecule is C.C.CC(C)(C)c1cc(C(C)(C)C)on1.Cn1c(C(C)(C)C)cn(C(C)(C)C)c1=O. The summed E-state index contributed by atoms with van der Waals surface area (Å²) < 4.78 is 8.85. The Hall–Kier alpha value is -1.78. The summed E-state index contributed by atoms with van der Waals surface area (Å²) in [6, 6.07) is 2.06. The van der Waals surface area contributed by atoms with Gasteiger partial charge in [-0.2, -0.15) is 0 Å². The number of hydrogen-bond donors (Lipinski definition) is 0. The highest BCUT2D eigenvalue weighted by Gasteiger charge is 2.25. The average molecular weight is 424 g/mol. The van der Waals surface area contributed by atoms with Crippen LogP contribution in [0, 0.1) is 0 Å². The molecule has 0 aliphatic carbocycles. The van der Waals surface area contributed by atoms with Gasteiger partial charge in [-0.1, -0.05) is 82.3 Å². The van der Waals surface area contributed by atoms with Crippen molar-refractivity contribution in [1.82, 2.24) is 14.3 Å². The van der Waals surface area contributed by atoms with E-state index >= 15 is 0 Å². The second kappa shape index (κ2) is 9.57. The van der Waals surface area contributed by atoms with Gasteiger partial charge in [0, 0.05) is 46.8 Å². The molecule has 2 rings (SSSR count). The first-order valence-electron chi connectivity index (χ1n) is 10.0. The van der Waals surface area contributed by atoms with Crippen LogP contribution in [0.1, 0.15) is 115 Å². The van der Waals surface area contributed by atoms with Crippen LogP contribution in [-0.4, -0.2) is 14.3 Å². The van der Waals surface area contributed by atoms with Crippen molar-refractivity contribution in [1.29, 1.82) is 0 Å². The fraction of sp³-hybridized carbons (Fsp3) is 0.760. The lowest BCUT2D eigenvalue weighted by molar-refractivity contribution is 0.319. The molecule has 5 nitrogen and oxygen atoms in total. The summed E-state index contributed by atoms with van der Waals surface area (Å²) in [6.07, 6.45) is 1.97. The smallest absolute Gasteiger partial charge is 0.328 e. The number of aromatic nitrogens is 3. The van der Waals surface area contributed by atoms with Crippen molar-refractivity contribution in [2.24, 2.45) is 7.05 Å². The third kappa shape index (κ3) is 7.48. The molecule has 0 spiro atoms. The van der Waals surface area contributed by atoms with Crippen LogP contribution in [0.3, 0.4) is 0 Å². The van der Waals surface area contributed by atoms with Gasteiger partial charge in [0.15, 0.2) is 0 Å². The van der Waals surface area contributed by atoms with E-state index in [-0.39, 0.29) is 42.3 Å². The van der Waals surface area contributed by atoms with E-state index in [0.29, 0.717) is 0 Å². The minimum absolute atomic E-state index is 0. The molecule has 0 aliphatic rings. The molecule has 0 amide bonds. The quantitative estimate of drug-likeness (QED) is 0.469. The fourth-order valence-corrected chi connectivity index (χ4v) is 2.69. The second-order valence-corrected chi connectivity index (χ2v) is 11.7. The van der Waals surface area contributed by atoms with E-state index in [1.54, 1.807) is 9.13 Å². The van der Waals surface area contributed by atoms with Crippen molar-refractivity contribution in [3.63, 3.8) is 0 Å². The van der Waals surface area contributed by atoms with Crippen LogP contribution in [0.15, 0.2) is 21.6 Å². The van der Waals surface area contributed by atoms with Crippen LogP contribution in [0.5, 0.6) is 0 Å². The zero-order valence-electron chi connectivity index (χ0n) is 20.3. The molecule has 0 radical (unpaired) electrons. The molecular formula is C25H49N3O2. The zero-order chi connectivity index (χ0) is 22.3. The van der Waals surface area contributed by atoms with Gasteiger partial charge in [0.25, 0.3) is 0 Å². The summed E-state index contributed by atoms with van der Waals surface area (Å²) >= 11 is 0. The molecule has 2 aromatic rings. The highest BCUT2D eigenvalue weighted by atomic mass is 16.5. The molecule has 2 aromatic heterocycles. The summed E-state index contributed by atoms with van der Waals surface area (Å²) in [5, 5.41) is 4.08. The molecule has 0 atom stereocenters. The molecule has 176 valence electrons.